The third-order valence-corrected chi connectivity index (χ3v) is 5.44. The van der Waals surface area contributed by atoms with Crippen LogP contribution in [-0.2, 0) is 38.6 Å². The molecule has 0 saturated carbocycles. The minimum absolute atomic E-state index is 0. The van der Waals surface area contributed by atoms with Gasteiger partial charge in [0.2, 0.25) is 11.8 Å². The van der Waals surface area contributed by atoms with E-state index in [1.807, 2.05) is 6.92 Å². The maximum atomic E-state index is 11.2. The summed E-state index contributed by atoms with van der Waals surface area (Å²) < 4.78 is 5.51. The van der Waals surface area contributed by atoms with Crippen molar-refractivity contribution in [1.82, 2.24) is 10.6 Å². The maximum Gasteiger partial charge on any atom is 0.248 e. The summed E-state index contributed by atoms with van der Waals surface area (Å²) in [5, 5.41) is 14.1. The third-order valence-electron chi connectivity index (χ3n) is 5.44. The number of amides is 2. The number of nitrogens with one attached hydrogen (secondary N) is 2. The summed E-state index contributed by atoms with van der Waals surface area (Å²) >= 11 is 0. The predicted octanol–water partition coefficient (Wildman–Crippen LogP) is 4.75. The molecule has 2 amide bonds. The molecule has 1 heterocycles. The van der Waals surface area contributed by atoms with Crippen LogP contribution < -0.4 is 10.6 Å². The van der Waals surface area contributed by atoms with E-state index in [1.54, 1.807) is 7.05 Å². The Balaban J connectivity index is -0.000000193. The van der Waals surface area contributed by atoms with E-state index in [-0.39, 0.29) is 50.6 Å². The second kappa shape index (κ2) is 28.4. The van der Waals surface area contributed by atoms with Crippen LogP contribution in [0, 0.1) is 7.43 Å². The molecule has 34 heavy (non-hydrogen) atoms. The number of rotatable bonds is 13. The SMILES string of the molecule is CCC(=O)C1CCC(CC)O1.CCCCCC(O)C(=O)NC.CCCCCCC(=O)NC.[CH3-].[Rh]. The number of ketones is 1. The van der Waals surface area contributed by atoms with Crippen molar-refractivity contribution >= 4 is 17.6 Å². The fourth-order valence-electron chi connectivity index (χ4n) is 3.19. The van der Waals surface area contributed by atoms with Gasteiger partial charge in [-0.25, -0.2) is 0 Å². The molecule has 0 bridgehead atoms. The van der Waals surface area contributed by atoms with Gasteiger partial charge in [0.1, 0.15) is 12.2 Å². The van der Waals surface area contributed by atoms with E-state index >= 15 is 0 Å². The van der Waals surface area contributed by atoms with Gasteiger partial charge in [0.15, 0.2) is 5.78 Å². The second-order valence-corrected chi connectivity index (χ2v) is 8.16. The molecule has 1 aliphatic rings. The number of aliphatic hydroxyl groups excluding tert-OH is 1. The van der Waals surface area contributed by atoms with Crippen molar-refractivity contribution in [3.05, 3.63) is 7.43 Å². The van der Waals surface area contributed by atoms with Crippen LogP contribution in [0.5, 0.6) is 0 Å². The van der Waals surface area contributed by atoms with E-state index in [0.29, 0.717) is 25.4 Å². The summed E-state index contributed by atoms with van der Waals surface area (Å²) in [6.45, 7) is 8.25. The van der Waals surface area contributed by atoms with E-state index in [2.05, 4.69) is 31.4 Å². The molecule has 0 aromatic rings. The molecule has 1 radical (unpaired) electrons. The largest absolute Gasteiger partial charge is 0.383 e. The Bertz CT molecular complexity index is 492. The first-order valence-electron chi connectivity index (χ1n) is 12.6. The summed E-state index contributed by atoms with van der Waals surface area (Å²) in [6, 6.07) is 0. The van der Waals surface area contributed by atoms with Gasteiger partial charge in [0.25, 0.3) is 0 Å². The topological polar surface area (TPSA) is 105 Å². The van der Waals surface area contributed by atoms with Gasteiger partial charge >= 0.3 is 0 Å². The molecule has 207 valence electrons. The quantitative estimate of drug-likeness (QED) is 0.167. The van der Waals surface area contributed by atoms with Gasteiger partial charge in [0, 0.05) is 46.4 Å². The summed E-state index contributed by atoms with van der Waals surface area (Å²) in [4.78, 5) is 32.6. The Kier molecular flexibility index (Phi) is 33.7. The molecule has 0 aliphatic carbocycles. The van der Waals surface area contributed by atoms with Gasteiger partial charge in [-0.05, 0) is 32.1 Å². The normalized spacial score (nSPS) is 16.8. The van der Waals surface area contributed by atoms with Crippen LogP contribution >= 0.6 is 0 Å². The predicted molar refractivity (Wildman–Crippen MR) is 137 cm³/mol. The standard InChI is InChI=1S/C9H16O2.C8H17NO2.C8H17NO.CH3.Rh/c1-3-7-5-6-9(11-7)8(10)4-2;1-3-4-5-6-7(10)8(11)9-2;1-3-4-5-6-7-8(10)9-2;;/h7,9H,3-6H2,1-2H3;7,10H,3-6H2,1-2H3,(H,9,11);3-7H2,1-2H3,(H,9,10);1H3;/q;;;-1;. The molecular weight excluding hydrogens is 523 g/mol. The minimum atomic E-state index is -0.813. The van der Waals surface area contributed by atoms with Gasteiger partial charge in [-0.2, -0.15) is 0 Å². The number of Topliss-reactive ketones (excluding diaryl/α,β-unsaturated/α-hetero) is 1. The van der Waals surface area contributed by atoms with Crippen molar-refractivity contribution in [2.45, 2.75) is 129 Å². The van der Waals surface area contributed by atoms with Crippen LogP contribution in [0.3, 0.4) is 0 Å². The van der Waals surface area contributed by atoms with E-state index in [0.717, 1.165) is 44.9 Å². The van der Waals surface area contributed by atoms with Crippen molar-refractivity contribution in [3.8, 4) is 0 Å². The Hall–Kier alpha value is -0.847. The molecule has 3 N–H and O–H groups in total. The number of hydrogen-bond donors (Lipinski definition) is 3. The first kappa shape index (κ1) is 40.3. The molecule has 1 fully saturated rings. The molecule has 8 heteroatoms. The number of carbonyl (C=O) groups excluding carboxylic acids is 3. The maximum absolute atomic E-state index is 11.2. The molecule has 1 aliphatic heterocycles. The Labute approximate surface area is 222 Å². The molecule has 1 rings (SSSR count). The van der Waals surface area contributed by atoms with Crippen LogP contribution in [0.25, 0.3) is 0 Å². The number of ether oxygens (including phenoxy) is 1. The Morgan fingerprint density at radius 1 is 0.912 bits per heavy atom. The van der Waals surface area contributed by atoms with E-state index in [4.69, 9.17) is 9.84 Å². The zero-order valence-electron chi connectivity index (χ0n) is 22.8. The van der Waals surface area contributed by atoms with Gasteiger partial charge in [0.05, 0.1) is 6.10 Å². The first-order chi connectivity index (χ1) is 15.3. The fourth-order valence-corrected chi connectivity index (χ4v) is 3.19. The summed E-state index contributed by atoms with van der Waals surface area (Å²) in [7, 11) is 3.22. The van der Waals surface area contributed by atoms with E-state index in [9.17, 15) is 14.4 Å². The number of likely N-dealkylation sites (N-methyl/N-ethyl adjacent to an activating group) is 1. The van der Waals surface area contributed by atoms with Crippen molar-refractivity contribution in [2.75, 3.05) is 14.1 Å². The molecular formula is C26H53N2O5Rh-. The van der Waals surface area contributed by atoms with Gasteiger partial charge in [-0.15, -0.1) is 0 Å². The van der Waals surface area contributed by atoms with Crippen LogP contribution in [0.2, 0.25) is 0 Å². The van der Waals surface area contributed by atoms with E-state index < -0.39 is 6.10 Å². The molecule has 3 unspecified atom stereocenters. The monoisotopic (exact) mass is 576 g/mol. The van der Waals surface area contributed by atoms with Crippen LogP contribution in [0.4, 0.5) is 0 Å². The van der Waals surface area contributed by atoms with Crippen LogP contribution in [0.15, 0.2) is 0 Å². The number of aliphatic hydroxyl groups is 1. The van der Waals surface area contributed by atoms with Crippen molar-refractivity contribution in [1.29, 1.82) is 0 Å². The van der Waals surface area contributed by atoms with Gasteiger partial charge in [-0.1, -0.05) is 66.2 Å². The van der Waals surface area contributed by atoms with Crippen molar-refractivity contribution in [3.63, 3.8) is 0 Å². The Morgan fingerprint density at radius 3 is 1.94 bits per heavy atom. The first-order valence-corrected chi connectivity index (χ1v) is 12.6. The van der Waals surface area contributed by atoms with Crippen LogP contribution in [-0.4, -0.2) is 55.1 Å². The summed E-state index contributed by atoms with van der Waals surface area (Å²) in [5.41, 5.74) is 0. The average Bonchev–Trinajstić information content (AvgIpc) is 3.31. The summed E-state index contributed by atoms with van der Waals surface area (Å²) in [6.07, 6.45) is 12.2. The van der Waals surface area contributed by atoms with E-state index in [1.165, 1.54) is 26.3 Å². The number of carbonyl (C=O) groups is 3. The number of unbranched alkanes of at least 4 members (excludes halogenated alkanes) is 5. The molecule has 0 aromatic carbocycles. The Morgan fingerprint density at radius 2 is 1.50 bits per heavy atom. The average molecular weight is 577 g/mol. The zero-order valence-corrected chi connectivity index (χ0v) is 24.5. The fraction of sp³-hybridized carbons (Fsp3) is 0.846. The molecule has 1 saturated heterocycles. The van der Waals surface area contributed by atoms with Gasteiger partial charge < -0.3 is 27.9 Å². The van der Waals surface area contributed by atoms with Crippen LogP contribution in [0.1, 0.15) is 111 Å². The van der Waals surface area contributed by atoms with Crippen molar-refractivity contribution in [2.24, 2.45) is 0 Å². The summed E-state index contributed by atoms with van der Waals surface area (Å²) in [5.74, 6) is 0.151. The molecule has 3 atom stereocenters. The second-order valence-electron chi connectivity index (χ2n) is 8.16. The third kappa shape index (κ3) is 22.9. The van der Waals surface area contributed by atoms with Gasteiger partial charge in [-0.3, -0.25) is 14.4 Å². The smallest absolute Gasteiger partial charge is 0.248 e. The molecule has 0 aromatic heterocycles. The minimum Gasteiger partial charge on any atom is -0.383 e. The molecule has 7 nitrogen and oxygen atoms in total. The molecule has 0 spiro atoms. The number of hydrogen-bond acceptors (Lipinski definition) is 5. The van der Waals surface area contributed by atoms with Crippen molar-refractivity contribution < 1.29 is 43.7 Å². The zero-order chi connectivity index (χ0) is 24.8.